The van der Waals surface area contributed by atoms with Crippen LogP contribution >= 0.6 is 0 Å². The summed E-state index contributed by atoms with van der Waals surface area (Å²) in [4.78, 5) is 28.7. The molecule has 2 heterocycles. The van der Waals surface area contributed by atoms with Gasteiger partial charge in [0.15, 0.2) is 0 Å². The summed E-state index contributed by atoms with van der Waals surface area (Å²) in [6.07, 6.45) is 6.39. The van der Waals surface area contributed by atoms with E-state index in [0.717, 1.165) is 28.5 Å². The van der Waals surface area contributed by atoms with Crippen molar-refractivity contribution in [3.05, 3.63) is 41.9 Å². The van der Waals surface area contributed by atoms with E-state index in [1.54, 1.807) is 6.07 Å². The fourth-order valence-electron chi connectivity index (χ4n) is 4.17. The first kappa shape index (κ1) is 16.8. The number of nitrogens with one attached hydrogen (secondary N) is 1. The Bertz CT molecular complexity index is 902. The van der Waals surface area contributed by atoms with E-state index in [1.165, 1.54) is 12.1 Å². The molecule has 1 amide bonds. The lowest BCUT2D eigenvalue weighted by molar-refractivity contribution is -0.141. The van der Waals surface area contributed by atoms with Crippen LogP contribution < -0.4 is 0 Å². The number of nitrogens with zero attached hydrogens (tertiary/aromatic N) is 1. The van der Waals surface area contributed by atoms with Gasteiger partial charge in [0.05, 0.1) is 5.92 Å². The third-order valence-electron chi connectivity index (χ3n) is 5.64. The molecule has 2 aromatic rings. The van der Waals surface area contributed by atoms with Crippen LogP contribution in [0.15, 0.2) is 30.5 Å². The second-order valence-corrected chi connectivity index (χ2v) is 7.20. The van der Waals surface area contributed by atoms with Crippen LogP contribution in [-0.4, -0.2) is 40.0 Å². The third kappa shape index (κ3) is 3.00. The van der Waals surface area contributed by atoms with Gasteiger partial charge in [-0.05, 0) is 49.5 Å². The molecule has 136 valence electrons. The van der Waals surface area contributed by atoms with Crippen molar-refractivity contribution in [2.24, 2.45) is 11.8 Å². The SMILES string of the molecule is O=C(O)[C@@H]1CC[C@H](C(=O)N2CC=C(c3c[nH]c4cc(F)ccc34)CC2)C1. The number of aromatic amines is 1. The molecule has 1 aliphatic carbocycles. The van der Waals surface area contributed by atoms with E-state index >= 15 is 0 Å². The number of amides is 1. The smallest absolute Gasteiger partial charge is 0.306 e. The maximum absolute atomic E-state index is 13.3. The zero-order valence-corrected chi connectivity index (χ0v) is 14.4. The predicted octanol–water partition coefficient (Wildman–Crippen LogP) is 3.42. The normalized spacial score (nSPS) is 23.3. The van der Waals surface area contributed by atoms with Gasteiger partial charge in [0.2, 0.25) is 5.91 Å². The number of H-pyrrole nitrogens is 1. The first-order chi connectivity index (χ1) is 12.5. The van der Waals surface area contributed by atoms with Gasteiger partial charge < -0.3 is 15.0 Å². The number of hydrogen-bond donors (Lipinski definition) is 2. The van der Waals surface area contributed by atoms with Crippen molar-refractivity contribution < 1.29 is 19.1 Å². The van der Waals surface area contributed by atoms with Crippen molar-refractivity contribution >= 4 is 28.4 Å². The minimum atomic E-state index is -0.795. The molecule has 1 aromatic carbocycles. The van der Waals surface area contributed by atoms with Gasteiger partial charge in [-0.15, -0.1) is 0 Å². The number of carboxylic acids is 1. The fraction of sp³-hybridized carbons (Fsp3) is 0.400. The standard InChI is InChI=1S/C20H21FN2O3/c21-15-3-4-16-17(11-22-18(16)10-15)12-5-7-23(8-6-12)19(24)13-1-2-14(9-13)20(25)26/h3-5,10-11,13-14,22H,1-2,6-9H2,(H,25,26)/t13-,14+/m0/s1. The molecule has 0 radical (unpaired) electrons. The van der Waals surface area contributed by atoms with Gasteiger partial charge in [0.1, 0.15) is 5.82 Å². The van der Waals surface area contributed by atoms with E-state index in [9.17, 15) is 14.0 Å². The van der Waals surface area contributed by atoms with Gasteiger partial charge in [-0.3, -0.25) is 9.59 Å². The number of aliphatic carboxylic acids is 1. The summed E-state index contributed by atoms with van der Waals surface area (Å²) in [5.41, 5.74) is 2.98. The van der Waals surface area contributed by atoms with Gasteiger partial charge in [-0.1, -0.05) is 6.08 Å². The third-order valence-corrected chi connectivity index (χ3v) is 5.64. The number of aromatic nitrogens is 1. The molecule has 2 aliphatic rings. The Morgan fingerprint density at radius 1 is 1.23 bits per heavy atom. The highest BCUT2D eigenvalue weighted by Gasteiger charge is 2.36. The van der Waals surface area contributed by atoms with Crippen molar-refractivity contribution in [3.8, 4) is 0 Å². The Morgan fingerprint density at radius 2 is 2.04 bits per heavy atom. The molecule has 6 heteroatoms. The quantitative estimate of drug-likeness (QED) is 0.885. The summed E-state index contributed by atoms with van der Waals surface area (Å²) in [6, 6.07) is 4.72. The Balaban J connectivity index is 1.46. The van der Waals surface area contributed by atoms with Gasteiger partial charge >= 0.3 is 5.97 Å². The van der Waals surface area contributed by atoms with Crippen molar-refractivity contribution in [2.45, 2.75) is 25.7 Å². The number of rotatable bonds is 3. The van der Waals surface area contributed by atoms with E-state index in [2.05, 4.69) is 11.1 Å². The molecular formula is C20H21FN2O3. The zero-order valence-electron chi connectivity index (χ0n) is 14.4. The van der Waals surface area contributed by atoms with Gasteiger partial charge in [-0.2, -0.15) is 0 Å². The molecule has 0 saturated heterocycles. The fourth-order valence-corrected chi connectivity index (χ4v) is 4.17. The number of fused-ring (bicyclic) bond motifs is 1. The number of halogens is 1. The second-order valence-electron chi connectivity index (χ2n) is 7.20. The van der Waals surface area contributed by atoms with E-state index in [4.69, 9.17) is 5.11 Å². The molecular weight excluding hydrogens is 335 g/mol. The molecule has 1 aliphatic heterocycles. The lowest BCUT2D eigenvalue weighted by Crippen LogP contribution is -2.38. The van der Waals surface area contributed by atoms with E-state index in [1.807, 2.05) is 11.1 Å². The largest absolute Gasteiger partial charge is 0.481 e. The molecule has 1 aromatic heterocycles. The summed E-state index contributed by atoms with van der Waals surface area (Å²) in [6.45, 7) is 1.17. The van der Waals surface area contributed by atoms with Crippen LogP contribution in [0.25, 0.3) is 16.5 Å². The van der Waals surface area contributed by atoms with Crippen LogP contribution in [0.2, 0.25) is 0 Å². The van der Waals surface area contributed by atoms with Crippen LogP contribution in [0.4, 0.5) is 4.39 Å². The predicted molar refractivity (Wildman–Crippen MR) is 95.9 cm³/mol. The number of benzene rings is 1. The summed E-state index contributed by atoms with van der Waals surface area (Å²) < 4.78 is 13.3. The number of carbonyl (C=O) groups is 2. The first-order valence-electron chi connectivity index (χ1n) is 9.00. The highest BCUT2D eigenvalue weighted by molar-refractivity contribution is 5.93. The average molecular weight is 356 g/mol. The van der Waals surface area contributed by atoms with Gasteiger partial charge in [-0.25, -0.2) is 4.39 Å². The molecule has 5 nitrogen and oxygen atoms in total. The van der Waals surface area contributed by atoms with E-state index in [0.29, 0.717) is 32.4 Å². The number of hydrogen-bond acceptors (Lipinski definition) is 2. The molecule has 26 heavy (non-hydrogen) atoms. The van der Waals surface area contributed by atoms with Crippen molar-refractivity contribution in [1.82, 2.24) is 9.88 Å². The first-order valence-corrected chi connectivity index (χ1v) is 9.00. The highest BCUT2D eigenvalue weighted by Crippen LogP contribution is 2.34. The average Bonchev–Trinajstić information content (AvgIpc) is 3.28. The zero-order chi connectivity index (χ0) is 18.3. The maximum Gasteiger partial charge on any atom is 0.306 e. The van der Waals surface area contributed by atoms with Gasteiger partial charge in [0, 0.05) is 41.7 Å². The summed E-state index contributed by atoms with van der Waals surface area (Å²) >= 11 is 0. The molecule has 0 unspecified atom stereocenters. The molecule has 1 saturated carbocycles. The van der Waals surface area contributed by atoms with Crippen molar-refractivity contribution in [3.63, 3.8) is 0 Å². The minimum Gasteiger partial charge on any atom is -0.481 e. The monoisotopic (exact) mass is 356 g/mol. The lowest BCUT2D eigenvalue weighted by Gasteiger charge is -2.29. The Hall–Kier alpha value is -2.63. The summed E-state index contributed by atoms with van der Waals surface area (Å²) in [7, 11) is 0. The Morgan fingerprint density at radius 3 is 2.73 bits per heavy atom. The molecule has 2 N–H and O–H groups in total. The van der Waals surface area contributed by atoms with Crippen LogP contribution in [0.3, 0.4) is 0 Å². The number of carbonyl (C=O) groups excluding carboxylic acids is 1. The van der Waals surface area contributed by atoms with E-state index in [-0.39, 0.29) is 23.6 Å². The van der Waals surface area contributed by atoms with Crippen molar-refractivity contribution in [2.75, 3.05) is 13.1 Å². The van der Waals surface area contributed by atoms with Gasteiger partial charge in [0.25, 0.3) is 0 Å². The molecule has 2 atom stereocenters. The van der Waals surface area contributed by atoms with Crippen LogP contribution in [0, 0.1) is 17.7 Å². The lowest BCUT2D eigenvalue weighted by atomic mass is 9.97. The van der Waals surface area contributed by atoms with E-state index < -0.39 is 5.97 Å². The molecule has 4 rings (SSSR count). The van der Waals surface area contributed by atoms with Crippen LogP contribution in [-0.2, 0) is 9.59 Å². The number of carboxylic acid groups (broad SMARTS) is 1. The molecule has 0 bridgehead atoms. The van der Waals surface area contributed by atoms with Crippen LogP contribution in [0.5, 0.6) is 0 Å². The minimum absolute atomic E-state index is 0.0741. The molecule has 1 fully saturated rings. The summed E-state index contributed by atoms with van der Waals surface area (Å²) in [5.74, 6) is -1.54. The van der Waals surface area contributed by atoms with Crippen LogP contribution in [0.1, 0.15) is 31.2 Å². The maximum atomic E-state index is 13.3. The molecule has 0 spiro atoms. The summed E-state index contributed by atoms with van der Waals surface area (Å²) in [5, 5.41) is 10.1. The Labute approximate surface area is 150 Å². The Kier molecular flexibility index (Phi) is 4.26. The van der Waals surface area contributed by atoms with Crippen molar-refractivity contribution in [1.29, 1.82) is 0 Å². The topological polar surface area (TPSA) is 73.4 Å². The second kappa shape index (κ2) is 6.59. The highest BCUT2D eigenvalue weighted by atomic mass is 19.1.